The lowest BCUT2D eigenvalue weighted by molar-refractivity contribution is 0.0253. The molecule has 2 atom stereocenters. The van der Waals surface area contributed by atoms with E-state index in [1.807, 2.05) is 12.4 Å². The van der Waals surface area contributed by atoms with E-state index in [0.717, 1.165) is 31.2 Å². The molecule has 0 amide bonds. The van der Waals surface area contributed by atoms with Crippen molar-refractivity contribution in [2.45, 2.75) is 57.8 Å². The number of hydrogen-bond acceptors (Lipinski definition) is 5. The van der Waals surface area contributed by atoms with Crippen molar-refractivity contribution in [1.29, 1.82) is 0 Å². The number of rotatable bonds is 4. The van der Waals surface area contributed by atoms with Gasteiger partial charge in [-0.25, -0.2) is 4.98 Å². The molecular formula is C15H24N4O. The van der Waals surface area contributed by atoms with Crippen LogP contribution in [0.5, 0.6) is 0 Å². The van der Waals surface area contributed by atoms with E-state index >= 15 is 0 Å². The van der Waals surface area contributed by atoms with Gasteiger partial charge in [-0.3, -0.25) is 4.98 Å². The van der Waals surface area contributed by atoms with Gasteiger partial charge in [0.15, 0.2) is 0 Å². The van der Waals surface area contributed by atoms with Gasteiger partial charge in [0.1, 0.15) is 5.82 Å². The van der Waals surface area contributed by atoms with Gasteiger partial charge in [-0.05, 0) is 19.3 Å². The maximum Gasteiger partial charge on any atom is 0.147 e. The van der Waals surface area contributed by atoms with E-state index < -0.39 is 0 Å². The number of hydrogen-bond donors (Lipinski definition) is 1. The lowest BCUT2D eigenvalue weighted by atomic mass is 10.1. The standard InChI is InChI=1S/C15H24N4O/c1-11(2)17-9-12-8-16-10-15(18-12)19-6-7-20-14-5-3-4-13(14)19/h8,10-11,13-14,17H,3-7,9H2,1-2H3. The quantitative estimate of drug-likeness (QED) is 0.907. The third-order valence-electron chi connectivity index (χ3n) is 4.14. The average molecular weight is 276 g/mol. The first kappa shape index (κ1) is 13.8. The molecular weight excluding hydrogens is 252 g/mol. The molecule has 5 heteroatoms. The molecule has 1 saturated carbocycles. The molecule has 1 N–H and O–H groups in total. The van der Waals surface area contributed by atoms with Gasteiger partial charge in [-0.15, -0.1) is 0 Å². The first-order chi connectivity index (χ1) is 9.74. The summed E-state index contributed by atoms with van der Waals surface area (Å²) in [6, 6.07) is 0.953. The highest BCUT2D eigenvalue weighted by Gasteiger charge is 2.36. The van der Waals surface area contributed by atoms with E-state index in [9.17, 15) is 0 Å². The molecule has 1 saturated heterocycles. The minimum Gasteiger partial charge on any atom is -0.374 e. The van der Waals surface area contributed by atoms with Gasteiger partial charge in [0.25, 0.3) is 0 Å². The molecule has 110 valence electrons. The number of aromatic nitrogens is 2. The van der Waals surface area contributed by atoms with E-state index in [2.05, 4.69) is 29.0 Å². The molecule has 20 heavy (non-hydrogen) atoms. The Kier molecular flexibility index (Phi) is 4.17. The molecule has 0 spiro atoms. The lowest BCUT2D eigenvalue weighted by Gasteiger charge is -2.38. The lowest BCUT2D eigenvalue weighted by Crippen LogP contribution is -2.49. The first-order valence-electron chi connectivity index (χ1n) is 7.66. The number of morpholine rings is 1. The second-order valence-corrected chi connectivity index (χ2v) is 6.01. The molecule has 0 aromatic carbocycles. The summed E-state index contributed by atoms with van der Waals surface area (Å²) in [5.41, 5.74) is 1.01. The van der Waals surface area contributed by atoms with Crippen LogP contribution in [0.15, 0.2) is 12.4 Å². The summed E-state index contributed by atoms with van der Waals surface area (Å²) in [5, 5.41) is 3.39. The van der Waals surface area contributed by atoms with Crippen molar-refractivity contribution in [2.24, 2.45) is 0 Å². The fourth-order valence-corrected chi connectivity index (χ4v) is 3.14. The second-order valence-electron chi connectivity index (χ2n) is 6.01. The Hall–Kier alpha value is -1.20. The van der Waals surface area contributed by atoms with Crippen molar-refractivity contribution in [3.63, 3.8) is 0 Å². The monoisotopic (exact) mass is 276 g/mol. The molecule has 1 aromatic rings. The maximum atomic E-state index is 5.86. The van der Waals surface area contributed by atoms with Crippen molar-refractivity contribution in [2.75, 3.05) is 18.1 Å². The highest BCUT2D eigenvalue weighted by molar-refractivity contribution is 5.39. The van der Waals surface area contributed by atoms with Gasteiger partial charge >= 0.3 is 0 Å². The van der Waals surface area contributed by atoms with Crippen LogP contribution in [0.25, 0.3) is 0 Å². The van der Waals surface area contributed by atoms with E-state index in [0.29, 0.717) is 18.2 Å². The zero-order valence-corrected chi connectivity index (χ0v) is 12.4. The Bertz CT molecular complexity index is 451. The number of nitrogens with zero attached hydrogens (tertiary/aromatic N) is 3. The van der Waals surface area contributed by atoms with Crippen LogP contribution < -0.4 is 10.2 Å². The highest BCUT2D eigenvalue weighted by Crippen LogP contribution is 2.32. The molecule has 0 bridgehead atoms. The van der Waals surface area contributed by atoms with Crippen molar-refractivity contribution >= 4 is 5.82 Å². The van der Waals surface area contributed by atoms with Gasteiger partial charge in [-0.2, -0.15) is 0 Å². The Morgan fingerprint density at radius 2 is 2.30 bits per heavy atom. The predicted molar refractivity (Wildman–Crippen MR) is 78.7 cm³/mol. The third kappa shape index (κ3) is 2.94. The van der Waals surface area contributed by atoms with Crippen LogP contribution >= 0.6 is 0 Å². The molecule has 2 fully saturated rings. The Balaban J connectivity index is 1.74. The summed E-state index contributed by atoms with van der Waals surface area (Å²) in [4.78, 5) is 11.5. The van der Waals surface area contributed by atoms with Crippen molar-refractivity contribution in [3.05, 3.63) is 18.1 Å². The van der Waals surface area contributed by atoms with Crippen LogP contribution in [0.1, 0.15) is 38.8 Å². The van der Waals surface area contributed by atoms with Crippen LogP contribution in [0.4, 0.5) is 5.82 Å². The van der Waals surface area contributed by atoms with Gasteiger partial charge in [0.05, 0.1) is 30.6 Å². The molecule has 2 aliphatic rings. The van der Waals surface area contributed by atoms with Crippen molar-refractivity contribution < 1.29 is 4.74 Å². The molecule has 3 rings (SSSR count). The van der Waals surface area contributed by atoms with Crippen molar-refractivity contribution in [3.8, 4) is 0 Å². The minimum absolute atomic E-state index is 0.392. The smallest absolute Gasteiger partial charge is 0.147 e. The summed E-state index contributed by atoms with van der Waals surface area (Å²) in [6.45, 7) is 6.79. The molecule has 5 nitrogen and oxygen atoms in total. The summed E-state index contributed by atoms with van der Waals surface area (Å²) >= 11 is 0. The zero-order valence-electron chi connectivity index (χ0n) is 12.4. The van der Waals surface area contributed by atoms with Crippen LogP contribution in [0, 0.1) is 0 Å². The van der Waals surface area contributed by atoms with Crippen molar-refractivity contribution in [1.82, 2.24) is 15.3 Å². The molecule has 1 aromatic heterocycles. The Morgan fingerprint density at radius 1 is 1.40 bits per heavy atom. The Morgan fingerprint density at radius 3 is 3.15 bits per heavy atom. The number of ether oxygens (including phenoxy) is 1. The highest BCUT2D eigenvalue weighted by atomic mass is 16.5. The molecule has 1 aliphatic heterocycles. The zero-order chi connectivity index (χ0) is 13.9. The number of nitrogens with one attached hydrogen (secondary N) is 1. The van der Waals surface area contributed by atoms with Gasteiger partial charge in [-0.1, -0.05) is 13.8 Å². The van der Waals surface area contributed by atoms with Crippen LogP contribution in [-0.4, -0.2) is 41.3 Å². The third-order valence-corrected chi connectivity index (χ3v) is 4.14. The van der Waals surface area contributed by atoms with Gasteiger partial charge in [0, 0.05) is 25.3 Å². The molecule has 1 aliphatic carbocycles. The summed E-state index contributed by atoms with van der Waals surface area (Å²) in [6.07, 6.45) is 7.78. The Labute approximate surface area is 120 Å². The maximum absolute atomic E-state index is 5.86. The SMILES string of the molecule is CC(C)NCc1cncc(N2CCOC3CCCC32)n1. The molecule has 0 radical (unpaired) electrons. The van der Waals surface area contributed by atoms with E-state index in [-0.39, 0.29) is 0 Å². The first-order valence-corrected chi connectivity index (χ1v) is 7.66. The average Bonchev–Trinajstić information content (AvgIpc) is 2.93. The summed E-state index contributed by atoms with van der Waals surface area (Å²) in [7, 11) is 0. The van der Waals surface area contributed by atoms with E-state index in [1.165, 1.54) is 19.3 Å². The van der Waals surface area contributed by atoms with Gasteiger partial charge in [0.2, 0.25) is 0 Å². The van der Waals surface area contributed by atoms with E-state index in [1.54, 1.807) is 0 Å². The van der Waals surface area contributed by atoms with Crippen LogP contribution in [0.3, 0.4) is 0 Å². The fourth-order valence-electron chi connectivity index (χ4n) is 3.14. The largest absolute Gasteiger partial charge is 0.374 e. The fraction of sp³-hybridized carbons (Fsp3) is 0.733. The number of fused-ring (bicyclic) bond motifs is 1. The molecule has 2 unspecified atom stereocenters. The second kappa shape index (κ2) is 6.06. The topological polar surface area (TPSA) is 50.3 Å². The normalized spacial score (nSPS) is 26.1. The van der Waals surface area contributed by atoms with Gasteiger partial charge < -0.3 is 15.0 Å². The minimum atomic E-state index is 0.392. The summed E-state index contributed by atoms with van der Waals surface area (Å²) < 4.78 is 5.86. The van der Waals surface area contributed by atoms with Crippen LogP contribution in [-0.2, 0) is 11.3 Å². The predicted octanol–water partition coefficient (Wildman–Crippen LogP) is 1.73. The molecule has 2 heterocycles. The van der Waals surface area contributed by atoms with Crippen LogP contribution in [0.2, 0.25) is 0 Å². The van der Waals surface area contributed by atoms with E-state index in [4.69, 9.17) is 9.72 Å². The number of anilines is 1. The summed E-state index contributed by atoms with van der Waals surface area (Å²) in [5.74, 6) is 1.01.